The van der Waals surface area contributed by atoms with E-state index < -0.39 is 5.72 Å². The molecule has 0 saturated carbocycles. The van der Waals surface area contributed by atoms with E-state index in [0.717, 1.165) is 25.2 Å². The van der Waals surface area contributed by atoms with E-state index in [1.165, 1.54) is 44.9 Å². The molecule has 122 valence electrons. The highest BCUT2D eigenvalue weighted by molar-refractivity contribution is 5.23. The van der Waals surface area contributed by atoms with Crippen molar-refractivity contribution >= 4 is 0 Å². The van der Waals surface area contributed by atoms with Crippen LogP contribution in [0.5, 0.6) is 0 Å². The van der Waals surface area contributed by atoms with E-state index in [2.05, 4.69) is 30.6 Å². The van der Waals surface area contributed by atoms with E-state index >= 15 is 0 Å². The minimum absolute atomic E-state index is 0.644. The number of hydrogen-bond acceptors (Lipinski definition) is 3. The summed E-state index contributed by atoms with van der Waals surface area (Å²) in [6, 6.07) is 0. The second kappa shape index (κ2) is 10.9. The van der Waals surface area contributed by atoms with E-state index in [-0.39, 0.29) is 0 Å². The monoisotopic (exact) mass is 294 g/mol. The van der Waals surface area contributed by atoms with Crippen molar-refractivity contribution in [2.45, 2.75) is 77.4 Å². The molecule has 0 bridgehead atoms. The van der Waals surface area contributed by atoms with Crippen molar-refractivity contribution in [1.82, 2.24) is 10.6 Å². The average Bonchev–Trinajstić information content (AvgIpc) is 2.47. The molecule has 0 aromatic carbocycles. The fourth-order valence-corrected chi connectivity index (χ4v) is 2.63. The quantitative estimate of drug-likeness (QED) is 0.378. The van der Waals surface area contributed by atoms with Gasteiger partial charge in [0.2, 0.25) is 0 Å². The first kappa shape index (κ1) is 18.2. The number of nitrogens with one attached hydrogen (secondary N) is 2. The maximum Gasteiger partial charge on any atom is 0.140 e. The first-order valence-corrected chi connectivity index (χ1v) is 8.80. The molecule has 0 heterocycles. The lowest BCUT2D eigenvalue weighted by Crippen LogP contribution is -2.46. The van der Waals surface area contributed by atoms with Crippen LogP contribution in [0.4, 0.5) is 0 Å². The Labute approximate surface area is 130 Å². The lowest BCUT2D eigenvalue weighted by atomic mass is 10.0. The Morgan fingerprint density at radius 1 is 1.00 bits per heavy atom. The summed E-state index contributed by atoms with van der Waals surface area (Å²) < 4.78 is 0. The average molecular weight is 294 g/mol. The molecule has 0 fully saturated rings. The Balaban J connectivity index is 2.20. The van der Waals surface area contributed by atoms with Gasteiger partial charge < -0.3 is 10.4 Å². The van der Waals surface area contributed by atoms with E-state index in [4.69, 9.17) is 0 Å². The highest BCUT2D eigenvalue weighted by atomic mass is 16.3. The molecule has 0 aliphatic heterocycles. The van der Waals surface area contributed by atoms with Crippen LogP contribution in [0.2, 0.25) is 0 Å². The smallest absolute Gasteiger partial charge is 0.140 e. The van der Waals surface area contributed by atoms with Crippen molar-refractivity contribution in [3.05, 3.63) is 23.9 Å². The van der Waals surface area contributed by atoms with Crippen LogP contribution < -0.4 is 10.6 Å². The molecule has 0 spiro atoms. The van der Waals surface area contributed by atoms with Crippen LogP contribution in [-0.2, 0) is 0 Å². The van der Waals surface area contributed by atoms with Crippen LogP contribution in [0.15, 0.2) is 23.9 Å². The van der Waals surface area contributed by atoms with E-state index in [0.29, 0.717) is 6.42 Å². The van der Waals surface area contributed by atoms with Crippen LogP contribution in [-0.4, -0.2) is 23.9 Å². The van der Waals surface area contributed by atoms with Crippen molar-refractivity contribution in [1.29, 1.82) is 0 Å². The highest BCUT2D eigenvalue weighted by Gasteiger charge is 2.25. The van der Waals surface area contributed by atoms with Crippen LogP contribution in [0.1, 0.15) is 71.6 Å². The van der Waals surface area contributed by atoms with E-state index in [1.807, 2.05) is 12.2 Å². The lowest BCUT2D eigenvalue weighted by molar-refractivity contribution is 0.0515. The van der Waals surface area contributed by atoms with Gasteiger partial charge in [-0.25, -0.2) is 0 Å². The summed E-state index contributed by atoms with van der Waals surface area (Å²) in [7, 11) is 0. The fraction of sp³-hybridized carbons (Fsp3) is 0.778. The van der Waals surface area contributed by atoms with Crippen molar-refractivity contribution < 1.29 is 5.11 Å². The molecule has 1 aliphatic carbocycles. The van der Waals surface area contributed by atoms with Gasteiger partial charge in [-0.15, -0.1) is 0 Å². The maximum absolute atomic E-state index is 10.6. The summed E-state index contributed by atoms with van der Waals surface area (Å²) in [5, 5.41) is 17.3. The van der Waals surface area contributed by atoms with E-state index in [1.54, 1.807) is 0 Å². The van der Waals surface area contributed by atoms with E-state index in [9.17, 15) is 5.11 Å². The van der Waals surface area contributed by atoms with Gasteiger partial charge in [0.05, 0.1) is 0 Å². The molecule has 3 N–H and O–H groups in total. The third-order valence-corrected chi connectivity index (χ3v) is 3.97. The molecule has 21 heavy (non-hydrogen) atoms. The van der Waals surface area contributed by atoms with Crippen LogP contribution in [0.25, 0.3) is 0 Å². The summed E-state index contributed by atoms with van der Waals surface area (Å²) in [4.78, 5) is 0. The summed E-state index contributed by atoms with van der Waals surface area (Å²) in [6.45, 7) is 6.33. The molecule has 3 heteroatoms. The molecule has 1 atom stereocenters. The van der Waals surface area contributed by atoms with Crippen molar-refractivity contribution in [2.75, 3.05) is 13.1 Å². The molecule has 0 saturated heterocycles. The fourth-order valence-electron chi connectivity index (χ4n) is 2.63. The second-order valence-electron chi connectivity index (χ2n) is 6.13. The van der Waals surface area contributed by atoms with Gasteiger partial charge in [-0.1, -0.05) is 58.4 Å². The lowest BCUT2D eigenvalue weighted by Gasteiger charge is -2.30. The number of unbranched alkanes of at least 4 members (excludes halogenated alkanes) is 6. The number of aliphatic hydroxyl groups is 1. The second-order valence-corrected chi connectivity index (χ2v) is 6.13. The topological polar surface area (TPSA) is 44.3 Å². The third kappa shape index (κ3) is 8.27. The zero-order valence-corrected chi connectivity index (χ0v) is 14.0. The Morgan fingerprint density at radius 3 is 2.33 bits per heavy atom. The summed E-state index contributed by atoms with van der Waals surface area (Å²) >= 11 is 0. The molecule has 0 aromatic heterocycles. The van der Waals surface area contributed by atoms with Crippen LogP contribution >= 0.6 is 0 Å². The molecule has 0 radical (unpaired) electrons. The van der Waals surface area contributed by atoms with Gasteiger partial charge in [-0.05, 0) is 31.5 Å². The normalized spacial score (nSPS) is 21.4. The Kier molecular flexibility index (Phi) is 9.44. The third-order valence-electron chi connectivity index (χ3n) is 3.97. The van der Waals surface area contributed by atoms with Gasteiger partial charge in [-0.2, -0.15) is 0 Å². The molecular formula is C18H34N2O. The Hall–Kier alpha value is -0.800. The zero-order chi connectivity index (χ0) is 15.4. The predicted octanol–water partition coefficient (Wildman–Crippen LogP) is 3.86. The summed E-state index contributed by atoms with van der Waals surface area (Å²) in [6.07, 6.45) is 16.5. The minimum atomic E-state index is -0.868. The van der Waals surface area contributed by atoms with Gasteiger partial charge in [0.25, 0.3) is 0 Å². The molecule has 0 amide bonds. The molecule has 1 aliphatic rings. The molecule has 1 unspecified atom stereocenters. The largest absolute Gasteiger partial charge is 0.388 e. The van der Waals surface area contributed by atoms with Gasteiger partial charge in [0.1, 0.15) is 5.72 Å². The van der Waals surface area contributed by atoms with Crippen molar-refractivity contribution in [2.24, 2.45) is 0 Å². The summed E-state index contributed by atoms with van der Waals surface area (Å²) in [5.41, 5.74) is 0.268. The van der Waals surface area contributed by atoms with Gasteiger partial charge in [-0.3, -0.25) is 5.32 Å². The molecular weight excluding hydrogens is 260 g/mol. The van der Waals surface area contributed by atoms with Gasteiger partial charge in [0.15, 0.2) is 0 Å². The Bertz CT molecular complexity index is 325. The number of hydrogen-bond donors (Lipinski definition) is 3. The standard InChI is InChI=1S/C18H34N2O/c1-3-5-7-9-14-19-17-12-11-13-18(21,16-17)20-15-10-8-6-4-2/h11-13,19-21H,3-10,14-16H2,1-2H3. The first-order valence-electron chi connectivity index (χ1n) is 8.80. The highest BCUT2D eigenvalue weighted by Crippen LogP contribution is 2.19. The molecule has 0 aromatic rings. The van der Waals surface area contributed by atoms with Crippen molar-refractivity contribution in [3.63, 3.8) is 0 Å². The van der Waals surface area contributed by atoms with Crippen LogP contribution in [0, 0.1) is 0 Å². The zero-order valence-electron chi connectivity index (χ0n) is 14.0. The molecule has 3 nitrogen and oxygen atoms in total. The number of rotatable bonds is 12. The van der Waals surface area contributed by atoms with Gasteiger partial charge >= 0.3 is 0 Å². The Morgan fingerprint density at radius 2 is 1.67 bits per heavy atom. The van der Waals surface area contributed by atoms with Gasteiger partial charge in [0, 0.05) is 18.7 Å². The SMILES string of the molecule is CCCCCCNC1=CC=CC(O)(NCCCCCC)C1. The summed E-state index contributed by atoms with van der Waals surface area (Å²) in [5.74, 6) is 0. The van der Waals surface area contributed by atoms with Crippen molar-refractivity contribution in [3.8, 4) is 0 Å². The molecule has 1 rings (SSSR count). The van der Waals surface area contributed by atoms with Crippen LogP contribution in [0.3, 0.4) is 0 Å². The maximum atomic E-state index is 10.6. The minimum Gasteiger partial charge on any atom is -0.388 e. The predicted molar refractivity (Wildman–Crippen MR) is 91.1 cm³/mol. The number of allylic oxidation sites excluding steroid dienone is 2. The first-order chi connectivity index (χ1) is 10.2.